The Balaban J connectivity index is 1.94. The monoisotopic (exact) mass is 302 g/mol. The van der Waals surface area contributed by atoms with E-state index in [-0.39, 0.29) is 5.78 Å². The molecule has 0 spiro atoms. The van der Waals surface area contributed by atoms with Crippen LogP contribution in [0.2, 0.25) is 0 Å². The van der Waals surface area contributed by atoms with Gasteiger partial charge in [-0.3, -0.25) is 4.79 Å². The SMILES string of the molecule is COCCOc1ccc(C(=O)C=Cc2ccc(C)s2)cc1. The molecule has 0 aliphatic heterocycles. The number of ether oxygens (including phenoxy) is 2. The van der Waals surface area contributed by atoms with Crippen molar-refractivity contribution in [1.82, 2.24) is 0 Å². The molecule has 1 heterocycles. The highest BCUT2D eigenvalue weighted by Gasteiger charge is 2.02. The molecule has 3 nitrogen and oxygen atoms in total. The van der Waals surface area contributed by atoms with Crippen molar-refractivity contribution in [2.75, 3.05) is 20.3 Å². The molecule has 2 aromatic rings. The largest absolute Gasteiger partial charge is 0.491 e. The van der Waals surface area contributed by atoms with E-state index in [2.05, 4.69) is 0 Å². The predicted octanol–water partition coefficient (Wildman–Crippen LogP) is 3.98. The summed E-state index contributed by atoms with van der Waals surface area (Å²) in [5.74, 6) is 0.728. The minimum atomic E-state index is -0.00973. The number of rotatable bonds is 7. The van der Waals surface area contributed by atoms with Gasteiger partial charge in [0.05, 0.1) is 6.61 Å². The van der Waals surface area contributed by atoms with Gasteiger partial charge in [-0.15, -0.1) is 11.3 Å². The summed E-state index contributed by atoms with van der Waals surface area (Å²) in [7, 11) is 1.63. The standard InChI is InChI=1S/C17H18O3S/c1-13-3-8-16(21-13)9-10-17(18)14-4-6-15(7-5-14)20-12-11-19-2/h3-10H,11-12H2,1-2H3. The van der Waals surface area contributed by atoms with Gasteiger partial charge in [0, 0.05) is 22.4 Å². The third-order valence-corrected chi connectivity index (χ3v) is 3.82. The van der Waals surface area contributed by atoms with Crippen molar-refractivity contribution >= 4 is 23.2 Å². The van der Waals surface area contributed by atoms with Crippen LogP contribution in [-0.4, -0.2) is 26.1 Å². The molecule has 110 valence electrons. The van der Waals surface area contributed by atoms with E-state index in [1.807, 2.05) is 25.1 Å². The second-order valence-electron chi connectivity index (χ2n) is 4.51. The molecule has 0 bridgehead atoms. The molecule has 0 N–H and O–H groups in total. The highest BCUT2D eigenvalue weighted by Crippen LogP contribution is 2.17. The second-order valence-corrected chi connectivity index (χ2v) is 5.83. The van der Waals surface area contributed by atoms with Crippen LogP contribution in [0.5, 0.6) is 5.75 Å². The van der Waals surface area contributed by atoms with Crippen molar-refractivity contribution in [1.29, 1.82) is 0 Å². The summed E-state index contributed by atoms with van der Waals surface area (Å²) in [6.45, 7) is 3.09. The van der Waals surface area contributed by atoms with E-state index in [4.69, 9.17) is 9.47 Å². The molecule has 0 saturated carbocycles. The third kappa shape index (κ3) is 4.85. The maximum Gasteiger partial charge on any atom is 0.185 e. The van der Waals surface area contributed by atoms with Crippen molar-refractivity contribution in [2.45, 2.75) is 6.92 Å². The number of methoxy groups -OCH3 is 1. The number of ketones is 1. The number of benzene rings is 1. The number of aryl methyl sites for hydroxylation is 1. The van der Waals surface area contributed by atoms with Gasteiger partial charge in [-0.1, -0.05) is 0 Å². The van der Waals surface area contributed by atoms with Crippen LogP contribution in [0.25, 0.3) is 6.08 Å². The summed E-state index contributed by atoms with van der Waals surface area (Å²) in [5, 5.41) is 0. The number of carbonyl (C=O) groups excluding carboxylic acids is 1. The molecular formula is C17H18O3S. The Kier molecular flexibility index (Phi) is 5.72. The maximum atomic E-state index is 12.1. The summed E-state index contributed by atoms with van der Waals surface area (Å²) in [6, 6.07) is 11.2. The van der Waals surface area contributed by atoms with Gasteiger partial charge in [0.2, 0.25) is 0 Å². The predicted molar refractivity (Wildman–Crippen MR) is 86.2 cm³/mol. The Bertz CT molecular complexity index is 611. The summed E-state index contributed by atoms with van der Waals surface area (Å²) < 4.78 is 10.4. The van der Waals surface area contributed by atoms with E-state index in [0.717, 1.165) is 10.6 Å². The van der Waals surface area contributed by atoms with E-state index >= 15 is 0 Å². The van der Waals surface area contributed by atoms with Crippen LogP contribution in [0.15, 0.2) is 42.5 Å². The molecule has 0 atom stereocenters. The molecule has 0 aliphatic carbocycles. The van der Waals surface area contributed by atoms with Crippen LogP contribution in [0.4, 0.5) is 0 Å². The van der Waals surface area contributed by atoms with Gasteiger partial charge in [-0.25, -0.2) is 0 Å². The average Bonchev–Trinajstić information content (AvgIpc) is 2.91. The second kappa shape index (κ2) is 7.76. The molecule has 0 aliphatic rings. The number of thiophene rings is 1. The lowest BCUT2D eigenvalue weighted by atomic mass is 10.1. The minimum Gasteiger partial charge on any atom is -0.491 e. The molecule has 21 heavy (non-hydrogen) atoms. The molecule has 0 radical (unpaired) electrons. The summed E-state index contributed by atoms with van der Waals surface area (Å²) in [4.78, 5) is 14.4. The van der Waals surface area contributed by atoms with Crippen LogP contribution in [0.1, 0.15) is 20.1 Å². The third-order valence-electron chi connectivity index (χ3n) is 2.86. The molecule has 4 heteroatoms. The normalized spacial score (nSPS) is 11.0. The average molecular weight is 302 g/mol. The van der Waals surface area contributed by atoms with Gasteiger partial charge < -0.3 is 9.47 Å². The van der Waals surface area contributed by atoms with Crippen LogP contribution < -0.4 is 4.74 Å². The summed E-state index contributed by atoms with van der Waals surface area (Å²) in [5.41, 5.74) is 0.651. The van der Waals surface area contributed by atoms with Gasteiger partial charge in [-0.05, 0) is 55.5 Å². The van der Waals surface area contributed by atoms with Gasteiger partial charge in [0.1, 0.15) is 12.4 Å². The zero-order valence-electron chi connectivity index (χ0n) is 12.2. The maximum absolute atomic E-state index is 12.1. The number of hydrogen-bond donors (Lipinski definition) is 0. The lowest BCUT2D eigenvalue weighted by Crippen LogP contribution is -2.04. The Morgan fingerprint density at radius 1 is 1.14 bits per heavy atom. The quantitative estimate of drug-likeness (QED) is 0.441. The molecular weight excluding hydrogens is 284 g/mol. The first-order valence-corrected chi connectivity index (χ1v) is 7.51. The Morgan fingerprint density at radius 3 is 2.52 bits per heavy atom. The number of allylic oxidation sites excluding steroid dienone is 1. The highest BCUT2D eigenvalue weighted by atomic mass is 32.1. The van der Waals surface area contributed by atoms with Crippen LogP contribution in [0.3, 0.4) is 0 Å². The van der Waals surface area contributed by atoms with E-state index in [9.17, 15) is 4.79 Å². The van der Waals surface area contributed by atoms with E-state index < -0.39 is 0 Å². The number of carbonyl (C=O) groups is 1. The summed E-state index contributed by atoms with van der Waals surface area (Å²) in [6.07, 6.45) is 3.45. The van der Waals surface area contributed by atoms with Gasteiger partial charge in [-0.2, -0.15) is 0 Å². The first kappa shape index (κ1) is 15.5. The van der Waals surface area contributed by atoms with Gasteiger partial charge in [0.25, 0.3) is 0 Å². The molecule has 0 saturated heterocycles. The van der Waals surface area contributed by atoms with Gasteiger partial charge >= 0.3 is 0 Å². The first-order chi connectivity index (χ1) is 10.2. The minimum absolute atomic E-state index is 0.00973. The van der Waals surface area contributed by atoms with E-state index in [1.54, 1.807) is 48.8 Å². The summed E-state index contributed by atoms with van der Waals surface area (Å²) >= 11 is 1.67. The zero-order chi connectivity index (χ0) is 15.1. The fourth-order valence-electron chi connectivity index (χ4n) is 1.76. The fraction of sp³-hybridized carbons (Fsp3) is 0.235. The molecule has 1 aromatic heterocycles. The Labute approximate surface area is 128 Å². The van der Waals surface area contributed by atoms with Crippen molar-refractivity contribution in [3.63, 3.8) is 0 Å². The van der Waals surface area contributed by atoms with Crippen molar-refractivity contribution < 1.29 is 14.3 Å². The molecule has 1 aromatic carbocycles. The van der Waals surface area contributed by atoms with Crippen LogP contribution in [0, 0.1) is 6.92 Å². The zero-order valence-corrected chi connectivity index (χ0v) is 13.0. The lowest BCUT2D eigenvalue weighted by Gasteiger charge is -2.05. The Hall–Kier alpha value is -1.91. The van der Waals surface area contributed by atoms with Crippen LogP contribution in [-0.2, 0) is 4.74 Å². The lowest BCUT2D eigenvalue weighted by molar-refractivity contribution is 0.104. The van der Waals surface area contributed by atoms with Gasteiger partial charge in [0.15, 0.2) is 5.78 Å². The smallest absolute Gasteiger partial charge is 0.185 e. The number of hydrogen-bond acceptors (Lipinski definition) is 4. The van der Waals surface area contributed by atoms with Crippen molar-refractivity contribution in [3.8, 4) is 5.75 Å². The van der Waals surface area contributed by atoms with E-state index in [0.29, 0.717) is 18.8 Å². The van der Waals surface area contributed by atoms with E-state index in [1.165, 1.54) is 4.88 Å². The Morgan fingerprint density at radius 2 is 1.90 bits per heavy atom. The molecule has 2 rings (SSSR count). The molecule has 0 unspecified atom stereocenters. The first-order valence-electron chi connectivity index (χ1n) is 6.69. The highest BCUT2D eigenvalue weighted by molar-refractivity contribution is 7.12. The van der Waals surface area contributed by atoms with Crippen molar-refractivity contribution in [2.24, 2.45) is 0 Å². The molecule has 0 fully saturated rings. The molecule has 0 amide bonds. The van der Waals surface area contributed by atoms with Crippen molar-refractivity contribution in [3.05, 3.63) is 57.8 Å². The van der Waals surface area contributed by atoms with Crippen LogP contribution >= 0.6 is 11.3 Å². The fourth-order valence-corrected chi connectivity index (χ4v) is 2.54. The topological polar surface area (TPSA) is 35.5 Å².